The van der Waals surface area contributed by atoms with E-state index in [-0.39, 0.29) is 25.7 Å². The van der Waals surface area contributed by atoms with Crippen molar-refractivity contribution in [2.24, 2.45) is 17.8 Å². The molecule has 17 nitrogen and oxygen atoms in total. The van der Waals surface area contributed by atoms with Gasteiger partial charge in [-0.25, -0.2) is 9.13 Å². The molecule has 84 heavy (non-hydrogen) atoms. The average Bonchev–Trinajstić information content (AvgIpc) is 3.44. The molecule has 0 aliphatic rings. The lowest BCUT2D eigenvalue weighted by molar-refractivity contribution is -0.161. The molecule has 0 aromatic heterocycles. The summed E-state index contributed by atoms with van der Waals surface area (Å²) in [6.45, 7) is 11.7. The summed E-state index contributed by atoms with van der Waals surface area (Å²) in [5.74, 6) is 0.0355. The first kappa shape index (κ1) is 82.1. The van der Waals surface area contributed by atoms with E-state index in [0.717, 1.165) is 108 Å². The number of carbonyl (C=O) groups is 4. The molecule has 0 saturated carbocycles. The first-order valence-corrected chi connectivity index (χ1v) is 36.8. The van der Waals surface area contributed by atoms with Gasteiger partial charge in [0.25, 0.3) is 0 Å². The number of phosphoric ester groups is 2. The Bertz CT molecular complexity index is 1660. The minimum absolute atomic E-state index is 0.105. The van der Waals surface area contributed by atoms with Crippen LogP contribution in [0.3, 0.4) is 0 Å². The van der Waals surface area contributed by atoms with E-state index in [1.807, 2.05) is 0 Å². The third-order valence-electron chi connectivity index (χ3n) is 14.9. The normalized spacial score (nSPS) is 14.3. The lowest BCUT2D eigenvalue weighted by Gasteiger charge is -2.21. The maximum Gasteiger partial charge on any atom is 0.472 e. The first-order chi connectivity index (χ1) is 40.2. The van der Waals surface area contributed by atoms with Crippen molar-refractivity contribution in [1.82, 2.24) is 0 Å². The molecule has 498 valence electrons. The van der Waals surface area contributed by atoms with Crippen molar-refractivity contribution in [1.29, 1.82) is 0 Å². The molecule has 5 atom stereocenters. The summed E-state index contributed by atoms with van der Waals surface area (Å²) in [7, 11) is -9.89. The van der Waals surface area contributed by atoms with E-state index in [9.17, 15) is 43.2 Å². The van der Waals surface area contributed by atoms with Crippen molar-refractivity contribution in [3.63, 3.8) is 0 Å². The Labute approximate surface area is 511 Å². The van der Waals surface area contributed by atoms with E-state index in [2.05, 4.69) is 48.5 Å². The van der Waals surface area contributed by atoms with Crippen molar-refractivity contribution in [3.05, 3.63) is 0 Å². The molecule has 0 rings (SSSR count). The standard InChI is InChI=1S/C65H126O17P2/c1-8-9-10-11-12-13-18-25-34-41-48-64(69)82-61(53-76-63(68)47-40-33-28-27-31-38-45-58(6)7)55-80-84(73,74)78-51-59(66)50-77-83(71,72)79-54-60(52-75-62(67)46-39-32-24-21-20-23-30-37-44-57(4)5)81-65(70)49-42-35-26-19-16-14-15-17-22-29-36-43-56(2)3/h56-61,66H,8-55H2,1-7H3,(H,71,72)(H,73,74)/t59-,60-,61-/m1/s1. The predicted octanol–water partition coefficient (Wildman–Crippen LogP) is 17.9. The smallest absolute Gasteiger partial charge is 0.462 e. The van der Waals surface area contributed by atoms with E-state index < -0.39 is 97.5 Å². The molecular weight excluding hydrogens is 1110 g/mol. The van der Waals surface area contributed by atoms with Crippen LogP contribution in [0.25, 0.3) is 0 Å². The summed E-state index contributed by atoms with van der Waals surface area (Å²) in [6.07, 6.45) is 37.7. The summed E-state index contributed by atoms with van der Waals surface area (Å²) in [6, 6.07) is 0. The average molecular weight is 1240 g/mol. The highest BCUT2D eigenvalue weighted by atomic mass is 31.2. The highest BCUT2D eigenvalue weighted by Gasteiger charge is 2.30. The van der Waals surface area contributed by atoms with E-state index in [1.54, 1.807) is 0 Å². The van der Waals surface area contributed by atoms with Gasteiger partial charge >= 0.3 is 39.5 Å². The monoisotopic (exact) mass is 1240 g/mol. The maximum atomic E-state index is 13.0. The molecule has 0 aromatic carbocycles. The van der Waals surface area contributed by atoms with Crippen LogP contribution in [0.15, 0.2) is 0 Å². The number of carbonyl (C=O) groups excluding carboxylic acids is 4. The van der Waals surface area contributed by atoms with E-state index in [4.69, 9.17) is 37.0 Å². The minimum atomic E-state index is -4.95. The Morgan fingerprint density at radius 3 is 0.810 bits per heavy atom. The molecule has 19 heteroatoms. The lowest BCUT2D eigenvalue weighted by atomic mass is 10.0. The highest BCUT2D eigenvalue weighted by Crippen LogP contribution is 2.45. The van der Waals surface area contributed by atoms with Crippen molar-refractivity contribution < 1.29 is 80.2 Å². The second-order valence-corrected chi connectivity index (χ2v) is 27.8. The molecule has 0 saturated heterocycles. The third-order valence-corrected chi connectivity index (χ3v) is 16.8. The number of aliphatic hydroxyl groups excluding tert-OH is 1. The second-order valence-electron chi connectivity index (χ2n) is 24.9. The van der Waals surface area contributed by atoms with Gasteiger partial charge < -0.3 is 33.8 Å². The number of ether oxygens (including phenoxy) is 4. The zero-order valence-corrected chi connectivity index (χ0v) is 56.1. The maximum absolute atomic E-state index is 13.0. The number of hydrogen-bond donors (Lipinski definition) is 3. The van der Waals surface area contributed by atoms with Crippen molar-refractivity contribution >= 4 is 39.5 Å². The Kier molecular flexibility index (Phi) is 55.0. The van der Waals surface area contributed by atoms with Gasteiger partial charge in [-0.05, 0) is 43.4 Å². The zero-order chi connectivity index (χ0) is 62.4. The molecule has 0 spiro atoms. The van der Waals surface area contributed by atoms with Crippen LogP contribution in [0.1, 0.15) is 318 Å². The lowest BCUT2D eigenvalue weighted by Crippen LogP contribution is -2.30. The van der Waals surface area contributed by atoms with Crippen LogP contribution in [-0.2, 0) is 65.4 Å². The van der Waals surface area contributed by atoms with Crippen LogP contribution >= 0.6 is 15.6 Å². The number of unbranched alkanes of at least 4 members (excludes halogenated alkanes) is 31. The van der Waals surface area contributed by atoms with Crippen LogP contribution < -0.4 is 0 Å². The van der Waals surface area contributed by atoms with E-state index in [1.165, 1.54) is 122 Å². The quantitative estimate of drug-likeness (QED) is 0.0222. The summed E-state index contributed by atoms with van der Waals surface area (Å²) < 4.78 is 68.0. The minimum Gasteiger partial charge on any atom is -0.462 e. The molecule has 0 aliphatic carbocycles. The molecular formula is C65H126O17P2. The van der Waals surface area contributed by atoms with Gasteiger partial charge in [-0.2, -0.15) is 0 Å². The molecule has 0 amide bonds. The number of esters is 4. The van der Waals surface area contributed by atoms with Gasteiger partial charge in [0.1, 0.15) is 19.3 Å². The molecule has 0 fully saturated rings. The predicted molar refractivity (Wildman–Crippen MR) is 335 cm³/mol. The Balaban J connectivity index is 5.24. The van der Waals surface area contributed by atoms with E-state index in [0.29, 0.717) is 31.6 Å². The number of hydrogen-bond acceptors (Lipinski definition) is 15. The van der Waals surface area contributed by atoms with E-state index >= 15 is 0 Å². The number of aliphatic hydroxyl groups is 1. The zero-order valence-electron chi connectivity index (χ0n) is 54.4. The Hall–Kier alpha value is -1.94. The van der Waals surface area contributed by atoms with Crippen LogP contribution in [-0.4, -0.2) is 96.7 Å². The molecule has 2 unspecified atom stereocenters. The number of rotatable bonds is 63. The van der Waals surface area contributed by atoms with Gasteiger partial charge in [0.15, 0.2) is 12.2 Å². The largest absolute Gasteiger partial charge is 0.472 e. The summed E-state index contributed by atoms with van der Waals surface area (Å²) in [5.41, 5.74) is 0. The van der Waals surface area contributed by atoms with Crippen molar-refractivity contribution in [3.8, 4) is 0 Å². The summed E-state index contributed by atoms with van der Waals surface area (Å²) >= 11 is 0. The second kappa shape index (κ2) is 56.3. The molecule has 0 bridgehead atoms. The Morgan fingerprint density at radius 2 is 0.548 bits per heavy atom. The molecule has 3 N–H and O–H groups in total. The third kappa shape index (κ3) is 59.0. The fourth-order valence-corrected chi connectivity index (χ4v) is 11.2. The number of phosphoric acid groups is 2. The van der Waals surface area contributed by atoms with Gasteiger partial charge in [0, 0.05) is 25.7 Å². The summed E-state index contributed by atoms with van der Waals surface area (Å²) in [4.78, 5) is 72.2. The first-order valence-electron chi connectivity index (χ1n) is 33.8. The van der Waals surface area contributed by atoms with Gasteiger partial charge in [-0.3, -0.25) is 37.3 Å². The van der Waals surface area contributed by atoms with Gasteiger partial charge in [0.05, 0.1) is 26.4 Å². The topological polar surface area (TPSA) is 237 Å². The fraction of sp³-hybridized carbons (Fsp3) is 0.938. The van der Waals surface area contributed by atoms with Crippen LogP contribution in [0.4, 0.5) is 0 Å². The van der Waals surface area contributed by atoms with Crippen LogP contribution in [0.5, 0.6) is 0 Å². The molecule has 0 heterocycles. The molecule has 0 radical (unpaired) electrons. The van der Waals surface area contributed by atoms with Crippen LogP contribution in [0, 0.1) is 17.8 Å². The van der Waals surface area contributed by atoms with Crippen molar-refractivity contribution in [2.45, 2.75) is 336 Å². The fourth-order valence-electron chi connectivity index (χ4n) is 9.66. The molecule has 0 aliphatic heterocycles. The summed E-state index contributed by atoms with van der Waals surface area (Å²) in [5, 5.41) is 10.5. The van der Waals surface area contributed by atoms with Crippen molar-refractivity contribution in [2.75, 3.05) is 39.6 Å². The van der Waals surface area contributed by atoms with Gasteiger partial charge in [0.2, 0.25) is 0 Å². The van der Waals surface area contributed by atoms with Gasteiger partial charge in [-0.1, -0.05) is 267 Å². The highest BCUT2D eigenvalue weighted by molar-refractivity contribution is 7.47. The molecule has 0 aromatic rings. The van der Waals surface area contributed by atoms with Gasteiger partial charge in [-0.15, -0.1) is 0 Å². The van der Waals surface area contributed by atoms with Crippen LogP contribution in [0.2, 0.25) is 0 Å². The SMILES string of the molecule is CCCCCCCCCCCCC(=O)O[C@H](COC(=O)CCCCCCCCC(C)C)COP(=O)(O)OC[C@H](O)COP(=O)(O)OC[C@@H](COC(=O)CCCCCCCCCCC(C)C)OC(=O)CCCCCCCCCCCCCC(C)C. The Morgan fingerprint density at radius 1 is 0.321 bits per heavy atom.